The molecule has 1 amide bonds. The van der Waals surface area contributed by atoms with Crippen LogP contribution < -0.4 is 9.64 Å². The number of amides is 1. The Kier molecular flexibility index (Phi) is 5.92. The van der Waals surface area contributed by atoms with Gasteiger partial charge < -0.3 is 14.5 Å². The number of anilines is 1. The lowest BCUT2D eigenvalue weighted by molar-refractivity contribution is -0.138. The van der Waals surface area contributed by atoms with E-state index in [2.05, 4.69) is 17.0 Å². The topological polar surface area (TPSA) is 63.5 Å². The van der Waals surface area contributed by atoms with Gasteiger partial charge in [0.1, 0.15) is 0 Å². The lowest BCUT2D eigenvalue weighted by Gasteiger charge is -2.37. The first-order valence-electron chi connectivity index (χ1n) is 11.7. The van der Waals surface area contributed by atoms with Crippen LogP contribution in [0.25, 0.3) is 16.7 Å². The molecule has 3 heterocycles. The zero-order valence-electron chi connectivity index (χ0n) is 19.8. The van der Waals surface area contributed by atoms with Crippen molar-refractivity contribution in [1.82, 2.24) is 19.7 Å². The number of piperazine rings is 1. The van der Waals surface area contributed by atoms with Crippen molar-refractivity contribution >= 4 is 22.6 Å². The summed E-state index contributed by atoms with van der Waals surface area (Å²) in [7, 11) is 0. The van der Waals surface area contributed by atoms with E-state index in [0.29, 0.717) is 19.0 Å². The molecule has 1 aliphatic heterocycles. The Morgan fingerprint density at radius 3 is 2.18 bits per heavy atom. The average Bonchev–Trinajstić information content (AvgIpc) is 3.21. The second kappa shape index (κ2) is 9.17. The highest BCUT2D eigenvalue weighted by Crippen LogP contribution is 2.27. The zero-order valence-corrected chi connectivity index (χ0v) is 19.8. The van der Waals surface area contributed by atoms with Gasteiger partial charge in [0.15, 0.2) is 11.8 Å². The molecule has 1 aliphatic rings. The molecule has 2 aromatic heterocycles. The van der Waals surface area contributed by atoms with E-state index < -0.39 is 6.10 Å². The van der Waals surface area contributed by atoms with Gasteiger partial charge >= 0.3 is 0 Å². The molecule has 5 rings (SSSR count). The summed E-state index contributed by atoms with van der Waals surface area (Å²) in [5, 5.41) is 5.71. The maximum Gasteiger partial charge on any atom is 0.263 e. The molecular weight excluding hydrogens is 426 g/mol. The quantitative estimate of drug-likeness (QED) is 0.452. The molecule has 1 atom stereocenters. The summed E-state index contributed by atoms with van der Waals surface area (Å²) in [4.78, 5) is 22.1. The Bertz CT molecular complexity index is 1300. The van der Waals surface area contributed by atoms with Crippen LogP contribution in [0.1, 0.15) is 18.2 Å². The van der Waals surface area contributed by atoms with Gasteiger partial charge in [0.05, 0.1) is 11.4 Å². The second-order valence-electron chi connectivity index (χ2n) is 8.72. The molecule has 174 valence electrons. The number of aryl methyl sites for hydroxylation is 2. The highest BCUT2D eigenvalue weighted by atomic mass is 16.5. The largest absolute Gasteiger partial charge is 0.464 e. The van der Waals surface area contributed by atoms with Crippen LogP contribution in [0.4, 0.5) is 5.69 Å². The minimum absolute atomic E-state index is 0.0139. The number of hydrogen-bond donors (Lipinski definition) is 0. The molecule has 7 heteroatoms. The average molecular weight is 456 g/mol. The number of hydrogen-bond acceptors (Lipinski definition) is 5. The molecule has 0 N–H and O–H groups in total. The Morgan fingerprint density at radius 2 is 1.53 bits per heavy atom. The van der Waals surface area contributed by atoms with Crippen LogP contribution in [0.2, 0.25) is 0 Å². The fourth-order valence-corrected chi connectivity index (χ4v) is 4.60. The van der Waals surface area contributed by atoms with Gasteiger partial charge in [-0.2, -0.15) is 10.1 Å². The smallest absolute Gasteiger partial charge is 0.263 e. The van der Waals surface area contributed by atoms with Gasteiger partial charge in [-0.1, -0.05) is 36.4 Å². The number of ether oxygens (including phenoxy) is 1. The highest BCUT2D eigenvalue weighted by molar-refractivity contribution is 5.84. The zero-order chi connectivity index (χ0) is 23.7. The first-order valence-corrected chi connectivity index (χ1v) is 11.7. The summed E-state index contributed by atoms with van der Waals surface area (Å²) >= 11 is 0. The van der Waals surface area contributed by atoms with Crippen molar-refractivity contribution in [3.05, 3.63) is 78.0 Å². The molecule has 4 aromatic rings. The van der Waals surface area contributed by atoms with E-state index in [9.17, 15) is 4.79 Å². The van der Waals surface area contributed by atoms with Crippen molar-refractivity contribution in [2.45, 2.75) is 26.9 Å². The summed E-state index contributed by atoms with van der Waals surface area (Å²) in [6.07, 6.45) is -0.623. The number of nitrogens with zero attached hydrogens (tertiary/aromatic N) is 5. The van der Waals surface area contributed by atoms with Crippen LogP contribution in [0.3, 0.4) is 0 Å². The van der Waals surface area contributed by atoms with E-state index in [0.717, 1.165) is 41.1 Å². The van der Waals surface area contributed by atoms with Crippen LogP contribution in [0.5, 0.6) is 5.88 Å². The predicted molar refractivity (Wildman–Crippen MR) is 134 cm³/mol. The molecule has 1 saturated heterocycles. The lowest BCUT2D eigenvalue weighted by atomic mass is 10.1. The van der Waals surface area contributed by atoms with Crippen LogP contribution in [-0.4, -0.2) is 57.9 Å². The van der Waals surface area contributed by atoms with Gasteiger partial charge in [0.25, 0.3) is 5.91 Å². The fraction of sp³-hybridized carbons (Fsp3) is 0.296. The normalized spacial score (nSPS) is 14.9. The van der Waals surface area contributed by atoms with Gasteiger partial charge in [-0.25, -0.2) is 4.68 Å². The highest BCUT2D eigenvalue weighted by Gasteiger charge is 2.27. The summed E-state index contributed by atoms with van der Waals surface area (Å²) in [5.74, 6) is 0.422. The fourth-order valence-electron chi connectivity index (χ4n) is 4.60. The number of rotatable bonds is 5. The van der Waals surface area contributed by atoms with Crippen molar-refractivity contribution in [2.75, 3.05) is 31.1 Å². The first kappa shape index (κ1) is 21.9. The van der Waals surface area contributed by atoms with E-state index in [1.807, 2.05) is 78.0 Å². The van der Waals surface area contributed by atoms with Gasteiger partial charge in [0.2, 0.25) is 5.88 Å². The molecular formula is C27H29N5O2. The second-order valence-corrected chi connectivity index (χ2v) is 8.72. The van der Waals surface area contributed by atoms with E-state index in [1.54, 1.807) is 6.92 Å². The molecule has 2 aromatic carbocycles. The molecule has 0 radical (unpaired) electrons. The monoisotopic (exact) mass is 455 g/mol. The van der Waals surface area contributed by atoms with Gasteiger partial charge in [-0.05, 0) is 50.6 Å². The third-order valence-electron chi connectivity index (χ3n) is 6.35. The lowest BCUT2D eigenvalue weighted by Crippen LogP contribution is -2.52. The molecule has 0 saturated carbocycles. The number of carbonyl (C=O) groups is 1. The van der Waals surface area contributed by atoms with E-state index >= 15 is 0 Å². The van der Waals surface area contributed by atoms with E-state index in [4.69, 9.17) is 14.8 Å². The molecule has 0 aliphatic carbocycles. The maximum atomic E-state index is 13.1. The summed E-state index contributed by atoms with van der Waals surface area (Å²) in [6.45, 7) is 8.77. The number of pyridine rings is 1. The van der Waals surface area contributed by atoms with Crippen LogP contribution in [0.15, 0.2) is 66.7 Å². The number of benzene rings is 2. The number of aromatic nitrogens is 3. The van der Waals surface area contributed by atoms with Gasteiger partial charge in [-0.15, -0.1) is 0 Å². The third-order valence-corrected chi connectivity index (χ3v) is 6.35. The Balaban J connectivity index is 1.31. The molecule has 1 fully saturated rings. The predicted octanol–water partition coefficient (Wildman–Crippen LogP) is 4.15. The summed E-state index contributed by atoms with van der Waals surface area (Å²) in [6, 6.07) is 22.1. The Hall–Kier alpha value is -3.87. The van der Waals surface area contributed by atoms with Crippen molar-refractivity contribution < 1.29 is 9.53 Å². The number of carbonyl (C=O) groups excluding carboxylic acids is 1. The standard InChI is InChI=1S/C27H29N5O2/c1-19-18-24(28-26-25(19)20(2)29-32(26)23-12-8-5-9-13-23)34-21(3)27(33)31-16-14-30(15-17-31)22-10-6-4-7-11-22/h4-13,18,21H,14-17H2,1-3H3/t21-/m0/s1. The van der Waals surface area contributed by atoms with Gasteiger partial charge in [-0.3, -0.25) is 4.79 Å². The molecule has 0 unspecified atom stereocenters. The SMILES string of the molecule is Cc1cc(O[C@@H](C)C(=O)N2CCN(c3ccccc3)CC2)nc2c1c(C)nn2-c1ccccc1. The third kappa shape index (κ3) is 4.21. The first-order chi connectivity index (χ1) is 16.5. The van der Waals surface area contributed by atoms with Crippen molar-refractivity contribution in [3.8, 4) is 11.6 Å². The summed E-state index contributed by atoms with van der Waals surface area (Å²) < 4.78 is 7.91. The molecule has 0 spiro atoms. The van der Waals surface area contributed by atoms with Crippen LogP contribution in [0, 0.1) is 13.8 Å². The van der Waals surface area contributed by atoms with Gasteiger partial charge in [0, 0.05) is 43.3 Å². The Labute approximate surface area is 199 Å². The molecule has 0 bridgehead atoms. The minimum atomic E-state index is -0.623. The van der Waals surface area contributed by atoms with Crippen molar-refractivity contribution in [3.63, 3.8) is 0 Å². The Morgan fingerprint density at radius 1 is 0.912 bits per heavy atom. The van der Waals surface area contributed by atoms with Crippen molar-refractivity contribution in [1.29, 1.82) is 0 Å². The van der Waals surface area contributed by atoms with Crippen LogP contribution in [-0.2, 0) is 4.79 Å². The van der Waals surface area contributed by atoms with E-state index in [-0.39, 0.29) is 5.91 Å². The summed E-state index contributed by atoms with van der Waals surface area (Å²) in [5.41, 5.74) is 4.80. The molecule has 7 nitrogen and oxygen atoms in total. The number of para-hydroxylation sites is 2. The molecule has 34 heavy (non-hydrogen) atoms. The maximum absolute atomic E-state index is 13.1. The van der Waals surface area contributed by atoms with E-state index in [1.165, 1.54) is 5.69 Å². The van der Waals surface area contributed by atoms with Crippen LogP contribution >= 0.6 is 0 Å². The number of fused-ring (bicyclic) bond motifs is 1. The van der Waals surface area contributed by atoms with Crippen molar-refractivity contribution in [2.24, 2.45) is 0 Å². The minimum Gasteiger partial charge on any atom is -0.464 e.